The maximum Gasteiger partial charge on any atom is 0.0713 e. The molecule has 3 rings (SSSR count). The molecule has 0 bridgehead atoms. The summed E-state index contributed by atoms with van der Waals surface area (Å²) in [6.07, 6.45) is 0. The molecule has 20 heavy (non-hydrogen) atoms. The van der Waals surface area contributed by atoms with Crippen LogP contribution >= 0.6 is 0 Å². The smallest absolute Gasteiger partial charge is 0.0713 e. The predicted octanol–water partition coefficient (Wildman–Crippen LogP) is 3.91. The average Bonchev–Trinajstić information content (AvgIpc) is 2.56. The van der Waals surface area contributed by atoms with Gasteiger partial charge in [0, 0.05) is 11.1 Å². The van der Waals surface area contributed by atoms with E-state index in [0.717, 1.165) is 28.1 Å². The van der Waals surface area contributed by atoms with Gasteiger partial charge >= 0.3 is 0 Å². The number of hydrogen-bond donors (Lipinski definition) is 1. The van der Waals surface area contributed by atoms with E-state index in [2.05, 4.69) is 0 Å². The Balaban J connectivity index is 2.13. The van der Waals surface area contributed by atoms with E-state index in [1.54, 1.807) is 0 Å². The van der Waals surface area contributed by atoms with Crippen LogP contribution in [0.1, 0.15) is 5.56 Å². The van der Waals surface area contributed by atoms with Gasteiger partial charge in [0.2, 0.25) is 0 Å². The van der Waals surface area contributed by atoms with Crippen LogP contribution in [0, 0.1) is 0 Å². The number of aliphatic hydroxyl groups excluding tert-OH is 1. The standard InChI is InChI=1S/C18H15NO/c20-13-14-11-17(15-7-3-1-4-8-15)19-18(12-14)16-9-5-2-6-10-16/h1-12,20H,13H2. The molecule has 2 nitrogen and oxygen atoms in total. The lowest BCUT2D eigenvalue weighted by atomic mass is 10.1. The van der Waals surface area contributed by atoms with Crippen LogP contribution in [0.5, 0.6) is 0 Å². The SMILES string of the molecule is OCc1cc(-c2ccccc2)nc(-c2ccccc2)c1. The first-order valence-corrected chi connectivity index (χ1v) is 6.59. The number of nitrogens with zero attached hydrogens (tertiary/aromatic N) is 1. The van der Waals surface area contributed by atoms with Crippen LogP contribution in [0.4, 0.5) is 0 Å². The molecule has 0 atom stereocenters. The zero-order valence-electron chi connectivity index (χ0n) is 11.0. The lowest BCUT2D eigenvalue weighted by Crippen LogP contribution is -1.93. The van der Waals surface area contributed by atoms with Crippen molar-refractivity contribution < 1.29 is 5.11 Å². The molecule has 0 fully saturated rings. The summed E-state index contributed by atoms with van der Waals surface area (Å²) >= 11 is 0. The van der Waals surface area contributed by atoms with Gasteiger partial charge in [0.1, 0.15) is 0 Å². The minimum absolute atomic E-state index is 0.0161. The molecule has 0 amide bonds. The summed E-state index contributed by atoms with van der Waals surface area (Å²) < 4.78 is 0. The van der Waals surface area contributed by atoms with Crippen LogP contribution in [-0.4, -0.2) is 10.1 Å². The molecule has 1 aromatic heterocycles. The maximum absolute atomic E-state index is 9.45. The van der Waals surface area contributed by atoms with Gasteiger partial charge in [-0.25, -0.2) is 4.98 Å². The Hall–Kier alpha value is -2.45. The number of aliphatic hydroxyl groups is 1. The Bertz CT molecular complexity index is 635. The molecule has 0 saturated heterocycles. The third kappa shape index (κ3) is 2.60. The molecule has 0 spiro atoms. The summed E-state index contributed by atoms with van der Waals surface area (Å²) in [6, 6.07) is 23.9. The third-order valence-corrected chi connectivity index (χ3v) is 3.21. The molecule has 0 saturated carbocycles. The van der Waals surface area contributed by atoms with Crippen molar-refractivity contribution in [3.8, 4) is 22.5 Å². The highest BCUT2D eigenvalue weighted by Crippen LogP contribution is 2.24. The second-order valence-corrected chi connectivity index (χ2v) is 4.64. The van der Waals surface area contributed by atoms with Crippen molar-refractivity contribution in [2.45, 2.75) is 6.61 Å². The molecule has 0 radical (unpaired) electrons. The largest absolute Gasteiger partial charge is 0.392 e. The number of hydrogen-bond acceptors (Lipinski definition) is 2. The minimum Gasteiger partial charge on any atom is -0.392 e. The number of rotatable bonds is 3. The van der Waals surface area contributed by atoms with Crippen molar-refractivity contribution in [2.75, 3.05) is 0 Å². The van der Waals surface area contributed by atoms with Gasteiger partial charge in [0.05, 0.1) is 18.0 Å². The van der Waals surface area contributed by atoms with Gasteiger partial charge in [-0.1, -0.05) is 60.7 Å². The second-order valence-electron chi connectivity index (χ2n) is 4.64. The molecule has 1 heterocycles. The van der Waals surface area contributed by atoms with Crippen LogP contribution in [-0.2, 0) is 6.61 Å². The highest BCUT2D eigenvalue weighted by Gasteiger charge is 2.06. The Morgan fingerprint density at radius 1 is 0.700 bits per heavy atom. The van der Waals surface area contributed by atoms with Gasteiger partial charge in [0.25, 0.3) is 0 Å². The molecule has 0 unspecified atom stereocenters. The fraction of sp³-hybridized carbons (Fsp3) is 0.0556. The summed E-state index contributed by atoms with van der Waals surface area (Å²) in [7, 11) is 0. The van der Waals surface area contributed by atoms with Crippen LogP contribution in [0.15, 0.2) is 72.8 Å². The lowest BCUT2D eigenvalue weighted by Gasteiger charge is -2.08. The summed E-state index contributed by atoms with van der Waals surface area (Å²) in [5.74, 6) is 0. The van der Waals surface area contributed by atoms with Gasteiger partial charge < -0.3 is 5.11 Å². The van der Waals surface area contributed by atoms with Crippen LogP contribution in [0.2, 0.25) is 0 Å². The van der Waals surface area contributed by atoms with E-state index in [1.165, 1.54) is 0 Å². The van der Waals surface area contributed by atoms with Crippen LogP contribution in [0.3, 0.4) is 0 Å². The van der Waals surface area contributed by atoms with E-state index in [4.69, 9.17) is 4.98 Å². The molecule has 3 aromatic rings. The van der Waals surface area contributed by atoms with Crippen LogP contribution < -0.4 is 0 Å². The molecular weight excluding hydrogens is 246 g/mol. The molecular formula is C18H15NO. The van der Waals surface area contributed by atoms with Crippen molar-refractivity contribution in [1.82, 2.24) is 4.98 Å². The number of pyridine rings is 1. The Morgan fingerprint density at radius 2 is 1.15 bits per heavy atom. The zero-order valence-corrected chi connectivity index (χ0v) is 11.0. The van der Waals surface area contributed by atoms with Crippen molar-refractivity contribution in [3.05, 3.63) is 78.4 Å². The minimum atomic E-state index is 0.0161. The molecule has 0 aliphatic rings. The maximum atomic E-state index is 9.45. The van der Waals surface area contributed by atoms with E-state index in [-0.39, 0.29) is 6.61 Å². The van der Waals surface area contributed by atoms with E-state index >= 15 is 0 Å². The first kappa shape index (κ1) is 12.6. The highest BCUT2D eigenvalue weighted by atomic mass is 16.3. The van der Waals surface area contributed by atoms with Crippen molar-refractivity contribution in [3.63, 3.8) is 0 Å². The fourth-order valence-electron chi connectivity index (χ4n) is 2.19. The Kier molecular flexibility index (Phi) is 3.57. The second kappa shape index (κ2) is 5.68. The van der Waals surface area contributed by atoms with Gasteiger partial charge in [-0.05, 0) is 17.7 Å². The van der Waals surface area contributed by atoms with E-state index in [0.29, 0.717) is 0 Å². The molecule has 2 heteroatoms. The summed E-state index contributed by atoms with van der Waals surface area (Å²) in [6.45, 7) is 0.0161. The van der Waals surface area contributed by atoms with Crippen LogP contribution in [0.25, 0.3) is 22.5 Å². The zero-order chi connectivity index (χ0) is 13.8. The van der Waals surface area contributed by atoms with E-state index < -0.39 is 0 Å². The Labute approximate surface area is 118 Å². The topological polar surface area (TPSA) is 33.1 Å². The summed E-state index contributed by atoms with van der Waals surface area (Å²) in [5.41, 5.74) is 4.75. The molecule has 0 aliphatic carbocycles. The number of aromatic nitrogens is 1. The Morgan fingerprint density at radius 3 is 1.55 bits per heavy atom. The van der Waals surface area contributed by atoms with Crippen molar-refractivity contribution in [2.24, 2.45) is 0 Å². The van der Waals surface area contributed by atoms with Gasteiger partial charge in [-0.3, -0.25) is 0 Å². The summed E-state index contributed by atoms with van der Waals surface area (Å²) in [4.78, 5) is 4.71. The highest BCUT2D eigenvalue weighted by molar-refractivity contribution is 5.67. The number of benzene rings is 2. The third-order valence-electron chi connectivity index (χ3n) is 3.21. The van der Waals surface area contributed by atoms with Crippen molar-refractivity contribution in [1.29, 1.82) is 0 Å². The summed E-state index contributed by atoms with van der Waals surface area (Å²) in [5, 5.41) is 9.45. The first-order valence-electron chi connectivity index (χ1n) is 6.59. The molecule has 0 aliphatic heterocycles. The van der Waals surface area contributed by atoms with Gasteiger partial charge in [0.15, 0.2) is 0 Å². The van der Waals surface area contributed by atoms with E-state index in [9.17, 15) is 5.11 Å². The van der Waals surface area contributed by atoms with E-state index in [1.807, 2.05) is 72.8 Å². The van der Waals surface area contributed by atoms with Crippen molar-refractivity contribution >= 4 is 0 Å². The molecule has 98 valence electrons. The predicted molar refractivity (Wildman–Crippen MR) is 81.0 cm³/mol. The normalized spacial score (nSPS) is 10.4. The molecule has 2 aromatic carbocycles. The fourth-order valence-corrected chi connectivity index (χ4v) is 2.19. The quantitative estimate of drug-likeness (QED) is 0.775. The monoisotopic (exact) mass is 261 g/mol. The lowest BCUT2D eigenvalue weighted by molar-refractivity contribution is 0.282. The average molecular weight is 261 g/mol. The van der Waals surface area contributed by atoms with Gasteiger partial charge in [-0.2, -0.15) is 0 Å². The van der Waals surface area contributed by atoms with Gasteiger partial charge in [-0.15, -0.1) is 0 Å². The molecule has 1 N–H and O–H groups in total. The first-order chi connectivity index (χ1) is 9.86.